The van der Waals surface area contributed by atoms with Crippen molar-refractivity contribution in [1.82, 2.24) is 13.8 Å². The van der Waals surface area contributed by atoms with E-state index in [0.29, 0.717) is 13.1 Å². The number of rotatable bonds is 6. The van der Waals surface area contributed by atoms with Gasteiger partial charge in [-0.05, 0) is 36.6 Å². The molecule has 2 amide bonds. The molecule has 10 heteroatoms. The van der Waals surface area contributed by atoms with Crippen LogP contribution in [0, 0.1) is 5.82 Å². The van der Waals surface area contributed by atoms with E-state index in [0.717, 1.165) is 30.2 Å². The molecule has 30 heavy (non-hydrogen) atoms. The van der Waals surface area contributed by atoms with E-state index in [4.69, 9.17) is 5.73 Å². The summed E-state index contributed by atoms with van der Waals surface area (Å²) in [6.07, 6.45) is 3.97. The molecule has 3 rings (SSSR count). The molecule has 0 spiro atoms. The van der Waals surface area contributed by atoms with Crippen molar-refractivity contribution in [3.8, 4) is 0 Å². The van der Waals surface area contributed by atoms with Crippen LogP contribution in [0.15, 0.2) is 41.4 Å². The van der Waals surface area contributed by atoms with Gasteiger partial charge in [0.1, 0.15) is 22.4 Å². The highest BCUT2D eigenvalue weighted by Gasteiger charge is 2.32. The van der Waals surface area contributed by atoms with Crippen molar-refractivity contribution in [2.75, 3.05) is 20.1 Å². The number of halogens is 1. The summed E-state index contributed by atoms with van der Waals surface area (Å²) < 4.78 is 42.3. The maximum Gasteiger partial charge on any atom is 0.271 e. The maximum atomic E-state index is 13.6. The van der Waals surface area contributed by atoms with Crippen LogP contribution in [0.5, 0.6) is 0 Å². The Bertz CT molecular complexity index is 1060. The number of hydrogen-bond acceptors (Lipinski definition) is 4. The van der Waals surface area contributed by atoms with E-state index in [2.05, 4.69) is 0 Å². The van der Waals surface area contributed by atoms with Gasteiger partial charge >= 0.3 is 0 Å². The van der Waals surface area contributed by atoms with Crippen molar-refractivity contribution in [3.05, 3.63) is 53.6 Å². The molecule has 8 nitrogen and oxygen atoms in total. The van der Waals surface area contributed by atoms with Crippen LogP contribution < -0.4 is 5.73 Å². The minimum Gasteiger partial charge on any atom is -0.368 e. The first-order valence-electron chi connectivity index (χ1n) is 9.61. The molecule has 0 radical (unpaired) electrons. The van der Waals surface area contributed by atoms with E-state index in [1.54, 1.807) is 7.05 Å². The van der Waals surface area contributed by atoms with Gasteiger partial charge < -0.3 is 15.2 Å². The van der Waals surface area contributed by atoms with Gasteiger partial charge in [-0.15, -0.1) is 0 Å². The van der Waals surface area contributed by atoms with Gasteiger partial charge in [0.15, 0.2) is 0 Å². The summed E-state index contributed by atoms with van der Waals surface area (Å²) in [5, 5.41) is 0. The number of carbonyl (C=O) groups excluding carboxylic acids is 2. The third kappa shape index (κ3) is 4.24. The highest BCUT2D eigenvalue weighted by atomic mass is 32.2. The third-order valence-electron chi connectivity index (χ3n) is 5.29. The maximum absolute atomic E-state index is 13.6. The van der Waals surface area contributed by atoms with Gasteiger partial charge in [0.25, 0.3) is 5.91 Å². The Kier molecular flexibility index (Phi) is 6.27. The summed E-state index contributed by atoms with van der Waals surface area (Å²) in [5.74, 6) is -1.99. The second-order valence-corrected chi connectivity index (χ2v) is 9.35. The Morgan fingerprint density at radius 1 is 1.17 bits per heavy atom. The third-order valence-corrected chi connectivity index (χ3v) is 7.16. The number of carbonyl (C=O) groups is 2. The zero-order valence-electron chi connectivity index (χ0n) is 16.9. The Morgan fingerprint density at radius 3 is 2.43 bits per heavy atom. The number of nitrogens with zero attached hydrogens (tertiary/aromatic N) is 3. The van der Waals surface area contributed by atoms with Gasteiger partial charge in [-0.25, -0.2) is 12.8 Å². The van der Waals surface area contributed by atoms with Gasteiger partial charge in [-0.1, -0.05) is 18.6 Å². The number of amides is 2. The highest BCUT2D eigenvalue weighted by Crippen LogP contribution is 2.25. The summed E-state index contributed by atoms with van der Waals surface area (Å²) in [4.78, 5) is 26.2. The normalized spacial score (nSPS) is 16.2. The van der Waals surface area contributed by atoms with Crippen LogP contribution in [0.4, 0.5) is 4.39 Å². The van der Waals surface area contributed by atoms with Crippen molar-refractivity contribution in [2.24, 2.45) is 12.8 Å². The second-order valence-electron chi connectivity index (χ2n) is 7.41. The van der Waals surface area contributed by atoms with Crippen LogP contribution in [0.25, 0.3) is 0 Å². The average Bonchev–Trinajstić information content (AvgIpc) is 3.10. The zero-order valence-corrected chi connectivity index (χ0v) is 17.7. The minimum atomic E-state index is -3.72. The molecule has 1 fully saturated rings. The van der Waals surface area contributed by atoms with E-state index in [1.165, 1.54) is 46.4 Å². The van der Waals surface area contributed by atoms with Crippen LogP contribution in [-0.2, 0) is 21.9 Å². The lowest BCUT2D eigenvalue weighted by Gasteiger charge is -2.26. The fourth-order valence-electron chi connectivity index (χ4n) is 3.70. The van der Waals surface area contributed by atoms with Crippen molar-refractivity contribution in [3.63, 3.8) is 0 Å². The topological polar surface area (TPSA) is 106 Å². The summed E-state index contributed by atoms with van der Waals surface area (Å²) in [6, 6.07) is 5.37. The van der Waals surface area contributed by atoms with Crippen LogP contribution >= 0.6 is 0 Å². The lowest BCUT2D eigenvalue weighted by molar-refractivity contribution is -0.122. The molecule has 1 aliphatic heterocycles. The molecule has 1 saturated heterocycles. The summed E-state index contributed by atoms with van der Waals surface area (Å²) in [5.41, 5.74) is 5.79. The molecule has 0 bridgehead atoms. The molecule has 1 atom stereocenters. The molecule has 0 aliphatic carbocycles. The number of hydrogen-bond donors (Lipinski definition) is 1. The van der Waals surface area contributed by atoms with Crippen LogP contribution in [0.3, 0.4) is 0 Å². The summed E-state index contributed by atoms with van der Waals surface area (Å²) in [6.45, 7) is 0.896. The van der Waals surface area contributed by atoms with Gasteiger partial charge in [-0.3, -0.25) is 9.59 Å². The highest BCUT2D eigenvalue weighted by molar-refractivity contribution is 7.89. The lowest BCUT2D eigenvalue weighted by Crippen LogP contribution is -2.39. The molecule has 1 aromatic carbocycles. The number of benzene rings is 1. The molecule has 2 N–H and O–H groups in total. The Hall–Kier alpha value is -2.72. The number of nitrogens with two attached hydrogens (primary N) is 1. The number of aryl methyl sites for hydroxylation is 1. The van der Waals surface area contributed by atoms with Gasteiger partial charge in [-0.2, -0.15) is 4.31 Å². The molecule has 0 saturated carbocycles. The standard InChI is InChI=1S/C20H25FN4O4S/c1-23-13-16(30(28,29)25-9-4-3-5-10-25)12-17(23)20(27)24(2)18(19(22)26)14-7-6-8-15(21)11-14/h6-8,11-13,18H,3-5,9-10H2,1-2H3,(H2,22,26). The minimum absolute atomic E-state index is 0.0185. The van der Waals surface area contributed by atoms with E-state index < -0.39 is 33.7 Å². The molecule has 1 unspecified atom stereocenters. The van der Waals surface area contributed by atoms with Crippen molar-refractivity contribution >= 4 is 21.8 Å². The number of sulfonamides is 1. The first-order chi connectivity index (χ1) is 14.1. The fraction of sp³-hybridized carbons (Fsp3) is 0.400. The Morgan fingerprint density at radius 2 is 1.83 bits per heavy atom. The molecular formula is C20H25FN4O4S. The molecular weight excluding hydrogens is 411 g/mol. The molecule has 162 valence electrons. The first kappa shape index (κ1) is 22.0. The van der Waals surface area contributed by atoms with E-state index in [1.807, 2.05) is 0 Å². The summed E-state index contributed by atoms with van der Waals surface area (Å²) >= 11 is 0. The number of likely N-dealkylation sites (N-methyl/N-ethyl adjacent to an activating group) is 1. The monoisotopic (exact) mass is 436 g/mol. The van der Waals surface area contributed by atoms with Crippen LogP contribution in [0.1, 0.15) is 41.4 Å². The predicted octanol–water partition coefficient (Wildman–Crippen LogP) is 1.64. The summed E-state index contributed by atoms with van der Waals surface area (Å²) in [7, 11) is -0.794. The SMILES string of the molecule is CN(C(=O)c1cc(S(=O)(=O)N2CCCCC2)cn1C)C(C(N)=O)c1cccc(F)c1. The van der Waals surface area contributed by atoms with E-state index in [-0.39, 0.29) is 16.2 Å². The lowest BCUT2D eigenvalue weighted by atomic mass is 10.0. The van der Waals surface area contributed by atoms with Crippen LogP contribution in [-0.4, -0.2) is 54.1 Å². The Balaban J connectivity index is 1.91. The number of primary amides is 1. The zero-order chi connectivity index (χ0) is 22.1. The molecule has 1 aliphatic rings. The van der Waals surface area contributed by atoms with Crippen LogP contribution in [0.2, 0.25) is 0 Å². The van der Waals surface area contributed by atoms with Gasteiger partial charge in [0, 0.05) is 33.4 Å². The van der Waals surface area contributed by atoms with Crippen molar-refractivity contribution in [2.45, 2.75) is 30.2 Å². The molecule has 1 aromatic heterocycles. The number of aromatic nitrogens is 1. The van der Waals surface area contributed by atoms with Crippen molar-refractivity contribution < 1.29 is 22.4 Å². The first-order valence-corrected chi connectivity index (χ1v) is 11.1. The van der Waals surface area contributed by atoms with E-state index >= 15 is 0 Å². The smallest absolute Gasteiger partial charge is 0.271 e. The van der Waals surface area contributed by atoms with E-state index in [9.17, 15) is 22.4 Å². The fourth-order valence-corrected chi connectivity index (χ4v) is 5.28. The van der Waals surface area contributed by atoms with Gasteiger partial charge in [0.2, 0.25) is 15.9 Å². The number of piperidine rings is 1. The van der Waals surface area contributed by atoms with Gasteiger partial charge in [0.05, 0.1) is 0 Å². The molecule has 2 heterocycles. The molecule has 2 aromatic rings. The largest absolute Gasteiger partial charge is 0.368 e. The average molecular weight is 437 g/mol. The Labute approximate surface area is 175 Å². The second kappa shape index (κ2) is 8.57. The predicted molar refractivity (Wildman–Crippen MR) is 108 cm³/mol. The van der Waals surface area contributed by atoms with Crippen molar-refractivity contribution in [1.29, 1.82) is 0 Å². The quantitative estimate of drug-likeness (QED) is 0.743.